The van der Waals surface area contributed by atoms with Gasteiger partial charge in [0.05, 0.1) is 30.8 Å². The number of hydrogen-bond donors (Lipinski definition) is 3. The van der Waals surface area contributed by atoms with Crippen molar-refractivity contribution in [1.29, 1.82) is 0 Å². The first-order valence-corrected chi connectivity index (χ1v) is 10.0. The average molecular weight is 395 g/mol. The highest BCUT2D eigenvalue weighted by Gasteiger charge is 2.24. The molecule has 3 aromatic rings. The number of quaternary nitrogens is 1. The maximum Gasteiger partial charge on any atom is 0.257 e. The first kappa shape index (κ1) is 19.4. The van der Waals surface area contributed by atoms with Crippen LogP contribution in [0.2, 0.25) is 0 Å². The quantitative estimate of drug-likeness (QED) is 0.503. The molecule has 4 rings (SSSR count). The molecule has 1 amide bonds. The Morgan fingerprint density at radius 2 is 2.00 bits per heavy atom. The van der Waals surface area contributed by atoms with E-state index in [4.69, 9.17) is 20.4 Å². The highest BCUT2D eigenvalue weighted by molar-refractivity contribution is 6.10. The second-order valence-electron chi connectivity index (χ2n) is 7.26. The first-order chi connectivity index (χ1) is 14.2. The summed E-state index contributed by atoms with van der Waals surface area (Å²) in [6.07, 6.45) is 2.57. The second kappa shape index (κ2) is 8.59. The van der Waals surface area contributed by atoms with Crippen LogP contribution < -0.4 is 16.0 Å². The molecule has 3 heterocycles. The number of anilines is 1. The number of aryl methyl sites for hydroxylation is 1. The molecule has 0 unspecified atom stereocenters. The lowest BCUT2D eigenvalue weighted by atomic mass is 10.2. The molecule has 8 heteroatoms. The number of fused-ring (bicyclic) bond motifs is 2. The zero-order valence-electron chi connectivity index (χ0n) is 16.5. The minimum atomic E-state index is -0.255. The van der Waals surface area contributed by atoms with E-state index in [1.807, 2.05) is 28.8 Å². The lowest BCUT2D eigenvalue weighted by Gasteiger charge is -2.23. The predicted octanol–water partition coefficient (Wildman–Crippen LogP) is 0.388. The van der Waals surface area contributed by atoms with E-state index in [1.165, 1.54) is 4.90 Å². The SMILES string of the molecule is C=CCNC(=O)c1c(N)n(CCC[NH+]2CCOCC2)c2nc3ccccc3nc12. The fourth-order valence-electron chi connectivity index (χ4n) is 3.82. The number of morpholine rings is 1. The van der Waals surface area contributed by atoms with Gasteiger partial charge in [0.1, 0.15) is 30.0 Å². The lowest BCUT2D eigenvalue weighted by Crippen LogP contribution is -3.14. The monoisotopic (exact) mass is 395 g/mol. The molecule has 1 aromatic carbocycles. The van der Waals surface area contributed by atoms with Crippen LogP contribution >= 0.6 is 0 Å². The molecule has 1 fully saturated rings. The molecule has 0 spiro atoms. The number of nitrogens with one attached hydrogen (secondary N) is 2. The van der Waals surface area contributed by atoms with Crippen molar-refractivity contribution in [2.24, 2.45) is 0 Å². The van der Waals surface area contributed by atoms with Gasteiger partial charge in [-0.3, -0.25) is 4.79 Å². The number of aromatic nitrogens is 3. The molecule has 0 bridgehead atoms. The first-order valence-electron chi connectivity index (χ1n) is 10.0. The Morgan fingerprint density at radius 3 is 2.72 bits per heavy atom. The van der Waals surface area contributed by atoms with E-state index < -0.39 is 0 Å². The summed E-state index contributed by atoms with van der Waals surface area (Å²) < 4.78 is 7.36. The molecule has 0 aliphatic carbocycles. The van der Waals surface area contributed by atoms with Crippen molar-refractivity contribution < 1.29 is 14.4 Å². The number of ether oxygens (including phenoxy) is 1. The molecule has 152 valence electrons. The molecule has 2 aromatic heterocycles. The number of nitrogens with two attached hydrogens (primary N) is 1. The summed E-state index contributed by atoms with van der Waals surface area (Å²) >= 11 is 0. The minimum Gasteiger partial charge on any atom is -0.384 e. The van der Waals surface area contributed by atoms with Gasteiger partial charge < -0.3 is 25.3 Å². The summed E-state index contributed by atoms with van der Waals surface area (Å²) in [4.78, 5) is 23.8. The topological polar surface area (TPSA) is 99.5 Å². The Kier molecular flexibility index (Phi) is 5.73. The van der Waals surface area contributed by atoms with E-state index in [1.54, 1.807) is 6.08 Å². The third-order valence-corrected chi connectivity index (χ3v) is 5.34. The molecule has 1 aliphatic rings. The molecular formula is C21H27N6O2+. The Hall–Kier alpha value is -2.97. The number of nitrogen functional groups attached to an aromatic ring is 1. The lowest BCUT2D eigenvalue weighted by molar-refractivity contribution is -0.908. The number of rotatable bonds is 7. The number of amides is 1. The van der Waals surface area contributed by atoms with Crippen LogP contribution in [0.25, 0.3) is 22.2 Å². The number of nitrogens with zero attached hydrogens (tertiary/aromatic N) is 3. The van der Waals surface area contributed by atoms with Crippen LogP contribution in [0.5, 0.6) is 0 Å². The maximum atomic E-state index is 12.8. The van der Waals surface area contributed by atoms with Crippen LogP contribution in [0.1, 0.15) is 16.8 Å². The largest absolute Gasteiger partial charge is 0.384 e. The van der Waals surface area contributed by atoms with E-state index in [0.717, 1.165) is 50.3 Å². The van der Waals surface area contributed by atoms with Gasteiger partial charge in [-0.1, -0.05) is 18.2 Å². The van der Waals surface area contributed by atoms with Gasteiger partial charge in [0.2, 0.25) is 0 Å². The highest BCUT2D eigenvalue weighted by atomic mass is 16.5. The molecule has 29 heavy (non-hydrogen) atoms. The van der Waals surface area contributed by atoms with E-state index in [9.17, 15) is 4.79 Å². The molecule has 0 radical (unpaired) electrons. The summed E-state index contributed by atoms with van der Waals surface area (Å²) in [5.41, 5.74) is 9.56. The summed E-state index contributed by atoms with van der Waals surface area (Å²) in [5.74, 6) is 0.156. The van der Waals surface area contributed by atoms with Crippen LogP contribution in [0.4, 0.5) is 5.82 Å². The molecule has 1 aliphatic heterocycles. The minimum absolute atomic E-state index is 0.255. The zero-order valence-corrected chi connectivity index (χ0v) is 16.5. The van der Waals surface area contributed by atoms with Crippen LogP contribution in [-0.2, 0) is 11.3 Å². The number of carbonyl (C=O) groups is 1. The summed E-state index contributed by atoms with van der Waals surface area (Å²) in [7, 11) is 0. The smallest absolute Gasteiger partial charge is 0.257 e. The van der Waals surface area contributed by atoms with Crippen molar-refractivity contribution in [2.45, 2.75) is 13.0 Å². The normalized spacial score (nSPS) is 15.0. The molecule has 0 saturated carbocycles. The Labute approximate surface area is 169 Å². The fourth-order valence-corrected chi connectivity index (χ4v) is 3.82. The van der Waals surface area contributed by atoms with E-state index >= 15 is 0 Å². The summed E-state index contributed by atoms with van der Waals surface area (Å²) in [6, 6.07) is 7.65. The van der Waals surface area contributed by atoms with Crippen LogP contribution in [0, 0.1) is 0 Å². The Balaban J connectivity index is 1.69. The van der Waals surface area contributed by atoms with Gasteiger partial charge in [0.25, 0.3) is 5.91 Å². The van der Waals surface area contributed by atoms with Crippen molar-refractivity contribution in [2.75, 3.05) is 45.1 Å². The zero-order chi connectivity index (χ0) is 20.2. The third-order valence-electron chi connectivity index (χ3n) is 5.34. The van der Waals surface area contributed by atoms with Gasteiger partial charge in [-0.05, 0) is 12.1 Å². The van der Waals surface area contributed by atoms with Gasteiger partial charge in [-0.2, -0.15) is 0 Å². The maximum absolute atomic E-state index is 12.8. The standard InChI is InChI=1S/C21H26N6O2/c1-2-8-23-21(28)17-18-20(25-16-7-4-3-6-15(16)24-18)27(19(17)22)10-5-9-26-11-13-29-14-12-26/h2-4,6-7H,1,5,8-14,22H2,(H,23,28)/p+1. The van der Waals surface area contributed by atoms with Crippen molar-refractivity contribution in [3.8, 4) is 0 Å². The third kappa shape index (κ3) is 3.94. The van der Waals surface area contributed by atoms with Crippen molar-refractivity contribution in [1.82, 2.24) is 19.9 Å². The predicted molar refractivity (Wildman–Crippen MR) is 113 cm³/mol. The number of para-hydroxylation sites is 2. The average Bonchev–Trinajstić information content (AvgIpc) is 3.02. The molecule has 0 atom stereocenters. The summed E-state index contributed by atoms with van der Waals surface area (Å²) in [6.45, 7) is 9.42. The van der Waals surface area contributed by atoms with Crippen molar-refractivity contribution in [3.63, 3.8) is 0 Å². The second-order valence-corrected chi connectivity index (χ2v) is 7.26. The molecule has 1 saturated heterocycles. The molecular weight excluding hydrogens is 368 g/mol. The van der Waals surface area contributed by atoms with E-state index in [-0.39, 0.29) is 5.91 Å². The van der Waals surface area contributed by atoms with Crippen LogP contribution in [-0.4, -0.2) is 59.8 Å². The van der Waals surface area contributed by atoms with Gasteiger partial charge in [-0.25, -0.2) is 9.97 Å². The number of hydrogen-bond acceptors (Lipinski definition) is 5. The Morgan fingerprint density at radius 1 is 1.28 bits per heavy atom. The number of benzene rings is 1. The summed E-state index contributed by atoms with van der Waals surface area (Å²) in [5, 5.41) is 2.81. The van der Waals surface area contributed by atoms with Crippen LogP contribution in [0.3, 0.4) is 0 Å². The molecule has 8 nitrogen and oxygen atoms in total. The highest BCUT2D eigenvalue weighted by Crippen LogP contribution is 2.28. The molecule has 4 N–H and O–H groups in total. The van der Waals surface area contributed by atoms with E-state index in [0.29, 0.717) is 35.6 Å². The van der Waals surface area contributed by atoms with E-state index in [2.05, 4.69) is 11.9 Å². The van der Waals surface area contributed by atoms with Crippen molar-refractivity contribution >= 4 is 33.9 Å². The van der Waals surface area contributed by atoms with Gasteiger partial charge in [0, 0.05) is 19.5 Å². The fraction of sp³-hybridized carbons (Fsp3) is 0.381. The van der Waals surface area contributed by atoms with Crippen LogP contribution in [0.15, 0.2) is 36.9 Å². The van der Waals surface area contributed by atoms with Gasteiger partial charge >= 0.3 is 0 Å². The number of carbonyl (C=O) groups excluding carboxylic acids is 1. The van der Waals surface area contributed by atoms with Gasteiger partial charge in [-0.15, -0.1) is 6.58 Å². The Bertz CT molecular complexity index is 1040. The van der Waals surface area contributed by atoms with Gasteiger partial charge in [0.15, 0.2) is 5.65 Å². The van der Waals surface area contributed by atoms with Crippen molar-refractivity contribution in [3.05, 3.63) is 42.5 Å².